The first kappa shape index (κ1) is 13.1. The van der Waals surface area contributed by atoms with Crippen molar-refractivity contribution in [3.63, 3.8) is 0 Å². The molecule has 0 amide bonds. The number of benzene rings is 1. The van der Waals surface area contributed by atoms with E-state index in [1.54, 1.807) is 0 Å². The summed E-state index contributed by atoms with van der Waals surface area (Å²) >= 11 is 5.74. The second kappa shape index (κ2) is 4.72. The number of aromatic nitrogens is 2. The number of alkyl halides is 3. The Morgan fingerprint density at radius 3 is 2.56 bits per heavy atom. The summed E-state index contributed by atoms with van der Waals surface area (Å²) in [7, 11) is 0. The Kier molecular flexibility index (Phi) is 3.43. The highest BCUT2D eigenvalue weighted by Gasteiger charge is 2.30. The van der Waals surface area contributed by atoms with Crippen LogP contribution in [0.1, 0.15) is 24.6 Å². The summed E-state index contributed by atoms with van der Waals surface area (Å²) in [4.78, 5) is 7.93. The van der Waals surface area contributed by atoms with Crippen molar-refractivity contribution in [1.29, 1.82) is 0 Å². The van der Waals surface area contributed by atoms with Crippen molar-refractivity contribution in [2.75, 3.05) is 0 Å². The van der Waals surface area contributed by atoms with Gasteiger partial charge in [-0.05, 0) is 36.2 Å². The summed E-state index contributed by atoms with van der Waals surface area (Å²) in [6, 6.07) is 3.41. The van der Waals surface area contributed by atoms with Crippen LogP contribution in [0.25, 0.3) is 10.9 Å². The fraction of sp³-hybridized carbons (Fsp3) is 0.333. The van der Waals surface area contributed by atoms with E-state index in [0.717, 1.165) is 18.6 Å². The Balaban J connectivity index is 2.66. The molecule has 0 fully saturated rings. The third-order valence-electron chi connectivity index (χ3n) is 2.56. The van der Waals surface area contributed by atoms with Gasteiger partial charge in [-0.25, -0.2) is 9.97 Å². The van der Waals surface area contributed by atoms with Gasteiger partial charge in [-0.2, -0.15) is 13.2 Å². The van der Waals surface area contributed by atoms with Crippen LogP contribution in [0, 0.1) is 0 Å². The van der Waals surface area contributed by atoms with Gasteiger partial charge in [-0.3, -0.25) is 0 Å². The van der Waals surface area contributed by atoms with Crippen LogP contribution in [0.3, 0.4) is 0 Å². The van der Waals surface area contributed by atoms with E-state index in [1.807, 2.05) is 6.92 Å². The van der Waals surface area contributed by atoms with Crippen LogP contribution in [0.2, 0.25) is 5.28 Å². The Bertz CT molecular complexity index is 581. The largest absolute Gasteiger partial charge is 0.416 e. The third-order valence-corrected chi connectivity index (χ3v) is 2.73. The first-order chi connectivity index (χ1) is 8.41. The number of rotatable bonds is 2. The van der Waals surface area contributed by atoms with Crippen LogP contribution in [-0.2, 0) is 12.6 Å². The third kappa shape index (κ3) is 2.56. The van der Waals surface area contributed by atoms with Gasteiger partial charge in [-0.15, -0.1) is 0 Å². The predicted octanol–water partition coefficient (Wildman–Crippen LogP) is 4.25. The van der Waals surface area contributed by atoms with E-state index < -0.39 is 11.7 Å². The minimum Gasteiger partial charge on any atom is -0.222 e. The Morgan fingerprint density at radius 2 is 1.94 bits per heavy atom. The summed E-state index contributed by atoms with van der Waals surface area (Å²) in [5.41, 5.74) is 0.295. The average molecular weight is 275 g/mol. The first-order valence-electron chi connectivity index (χ1n) is 5.45. The molecule has 0 saturated carbocycles. The van der Waals surface area contributed by atoms with Gasteiger partial charge in [0.25, 0.3) is 0 Å². The van der Waals surface area contributed by atoms with E-state index in [-0.39, 0.29) is 5.28 Å². The summed E-state index contributed by atoms with van der Waals surface area (Å²) in [6.07, 6.45) is -3.02. The zero-order valence-electron chi connectivity index (χ0n) is 9.55. The lowest BCUT2D eigenvalue weighted by molar-refractivity contribution is -0.137. The van der Waals surface area contributed by atoms with Gasteiger partial charge in [0.2, 0.25) is 5.28 Å². The zero-order chi connectivity index (χ0) is 13.3. The summed E-state index contributed by atoms with van der Waals surface area (Å²) < 4.78 is 37.9. The minimum absolute atomic E-state index is 0.0608. The minimum atomic E-state index is -4.36. The summed E-state index contributed by atoms with van der Waals surface area (Å²) in [5, 5.41) is 0.474. The molecule has 0 atom stereocenters. The predicted molar refractivity (Wildman–Crippen MR) is 63.5 cm³/mol. The number of nitrogens with zero attached hydrogens (tertiary/aromatic N) is 2. The highest BCUT2D eigenvalue weighted by atomic mass is 35.5. The molecule has 0 radical (unpaired) electrons. The second-order valence-electron chi connectivity index (χ2n) is 3.92. The van der Waals surface area contributed by atoms with Crippen LogP contribution < -0.4 is 0 Å². The summed E-state index contributed by atoms with van der Waals surface area (Å²) in [6.45, 7) is 1.93. The molecule has 6 heteroatoms. The molecule has 1 heterocycles. The zero-order valence-corrected chi connectivity index (χ0v) is 10.3. The highest BCUT2D eigenvalue weighted by molar-refractivity contribution is 6.28. The lowest BCUT2D eigenvalue weighted by atomic mass is 10.1. The molecule has 0 aliphatic heterocycles. The van der Waals surface area contributed by atoms with Gasteiger partial charge in [0.05, 0.1) is 16.8 Å². The van der Waals surface area contributed by atoms with Gasteiger partial charge in [-0.1, -0.05) is 13.3 Å². The van der Waals surface area contributed by atoms with E-state index in [1.165, 1.54) is 6.07 Å². The number of hydrogen-bond donors (Lipinski definition) is 0. The molecular weight excluding hydrogens is 265 g/mol. The van der Waals surface area contributed by atoms with Gasteiger partial charge >= 0.3 is 6.18 Å². The van der Waals surface area contributed by atoms with E-state index in [0.29, 0.717) is 23.0 Å². The Hall–Kier alpha value is -1.36. The molecule has 2 aromatic rings. The molecule has 0 saturated heterocycles. The fourth-order valence-corrected chi connectivity index (χ4v) is 1.96. The number of halogens is 4. The summed E-state index contributed by atoms with van der Waals surface area (Å²) in [5.74, 6) is 0. The molecule has 0 N–H and O–H groups in total. The first-order valence-corrected chi connectivity index (χ1v) is 5.83. The molecule has 18 heavy (non-hydrogen) atoms. The molecule has 2 nitrogen and oxygen atoms in total. The molecule has 0 aliphatic rings. The number of aryl methyl sites for hydroxylation is 1. The molecule has 0 bridgehead atoms. The standard InChI is InChI=1S/C12H10ClF3N2/c1-2-3-9-8-6-7(12(14,15)16)4-5-10(8)18-11(13)17-9/h4-6H,2-3H2,1H3. The maximum Gasteiger partial charge on any atom is 0.416 e. The van der Waals surface area contributed by atoms with Crippen molar-refractivity contribution in [2.24, 2.45) is 0 Å². The maximum absolute atomic E-state index is 12.6. The molecule has 1 aromatic heterocycles. The molecule has 96 valence electrons. The van der Waals surface area contributed by atoms with Crippen molar-refractivity contribution >= 4 is 22.5 Å². The van der Waals surface area contributed by atoms with Gasteiger partial charge in [0, 0.05) is 5.39 Å². The molecular formula is C12H10ClF3N2. The van der Waals surface area contributed by atoms with Crippen LogP contribution in [0.4, 0.5) is 13.2 Å². The van der Waals surface area contributed by atoms with Crippen molar-refractivity contribution in [1.82, 2.24) is 9.97 Å². The van der Waals surface area contributed by atoms with Crippen LogP contribution >= 0.6 is 11.6 Å². The van der Waals surface area contributed by atoms with Gasteiger partial charge in [0.1, 0.15) is 0 Å². The van der Waals surface area contributed by atoms with E-state index in [4.69, 9.17) is 11.6 Å². The van der Waals surface area contributed by atoms with Crippen molar-refractivity contribution in [3.05, 3.63) is 34.7 Å². The normalized spacial score (nSPS) is 12.1. The SMILES string of the molecule is CCCc1nc(Cl)nc2ccc(C(F)(F)F)cc12. The quantitative estimate of drug-likeness (QED) is 0.765. The smallest absolute Gasteiger partial charge is 0.222 e. The average Bonchev–Trinajstić information content (AvgIpc) is 2.27. The number of fused-ring (bicyclic) bond motifs is 1. The lowest BCUT2D eigenvalue weighted by Crippen LogP contribution is -2.05. The van der Waals surface area contributed by atoms with Crippen LogP contribution in [-0.4, -0.2) is 9.97 Å². The van der Waals surface area contributed by atoms with Crippen molar-refractivity contribution < 1.29 is 13.2 Å². The van der Waals surface area contributed by atoms with Gasteiger partial charge < -0.3 is 0 Å². The number of hydrogen-bond acceptors (Lipinski definition) is 2. The molecule has 0 spiro atoms. The maximum atomic E-state index is 12.6. The lowest BCUT2D eigenvalue weighted by Gasteiger charge is -2.09. The molecule has 0 unspecified atom stereocenters. The molecule has 1 aromatic carbocycles. The Labute approximate surface area is 107 Å². The molecule has 2 rings (SSSR count). The van der Waals surface area contributed by atoms with Crippen LogP contribution in [0.15, 0.2) is 18.2 Å². The van der Waals surface area contributed by atoms with Gasteiger partial charge in [0.15, 0.2) is 0 Å². The van der Waals surface area contributed by atoms with E-state index in [2.05, 4.69) is 9.97 Å². The topological polar surface area (TPSA) is 25.8 Å². The van der Waals surface area contributed by atoms with Crippen molar-refractivity contribution in [2.45, 2.75) is 25.9 Å². The van der Waals surface area contributed by atoms with E-state index >= 15 is 0 Å². The second-order valence-corrected chi connectivity index (χ2v) is 4.26. The Morgan fingerprint density at radius 1 is 1.22 bits per heavy atom. The van der Waals surface area contributed by atoms with E-state index in [9.17, 15) is 13.2 Å². The molecule has 0 aliphatic carbocycles. The van der Waals surface area contributed by atoms with Crippen molar-refractivity contribution in [3.8, 4) is 0 Å². The highest BCUT2D eigenvalue weighted by Crippen LogP contribution is 2.32. The monoisotopic (exact) mass is 274 g/mol. The van der Waals surface area contributed by atoms with Crippen LogP contribution in [0.5, 0.6) is 0 Å². The fourth-order valence-electron chi connectivity index (χ4n) is 1.76.